The summed E-state index contributed by atoms with van der Waals surface area (Å²) in [4.78, 5) is 3.71. The van der Waals surface area contributed by atoms with Crippen LogP contribution < -0.4 is 0 Å². The number of aromatic nitrogens is 1. The van der Waals surface area contributed by atoms with Crippen LogP contribution in [0.5, 0.6) is 0 Å². The van der Waals surface area contributed by atoms with Crippen molar-refractivity contribution in [2.75, 3.05) is 0 Å². The van der Waals surface area contributed by atoms with E-state index in [9.17, 15) is 5.26 Å². The Morgan fingerprint density at radius 3 is 2.17 bits per heavy atom. The first-order valence-electron chi connectivity index (χ1n) is 11.4. The van der Waals surface area contributed by atoms with E-state index in [1.54, 1.807) is 18.2 Å². The molecule has 6 rings (SSSR count). The number of nitrogens with zero attached hydrogens (tertiary/aromatic N) is 3. The lowest BCUT2D eigenvalue weighted by atomic mass is 9.95. The van der Waals surface area contributed by atoms with Gasteiger partial charge in [0.15, 0.2) is 5.69 Å². The molecule has 0 unspecified atom stereocenters. The number of hydrogen-bond donors (Lipinski definition) is 0. The maximum atomic E-state index is 9.77. The molecule has 0 aliphatic rings. The van der Waals surface area contributed by atoms with Crippen LogP contribution in [0.2, 0.25) is 0 Å². The van der Waals surface area contributed by atoms with Crippen molar-refractivity contribution in [1.29, 1.82) is 5.26 Å². The number of benzene rings is 5. The van der Waals surface area contributed by atoms with E-state index in [1.165, 1.54) is 0 Å². The predicted molar refractivity (Wildman–Crippen MR) is 143 cm³/mol. The summed E-state index contributed by atoms with van der Waals surface area (Å²) >= 11 is 0. The third kappa shape index (κ3) is 3.27. The number of rotatable bonds is 3. The average Bonchev–Trinajstić information content (AvgIpc) is 3.27. The number of para-hydroxylation sites is 1. The summed E-state index contributed by atoms with van der Waals surface area (Å²) in [6, 6.07) is 41.0. The van der Waals surface area contributed by atoms with E-state index in [4.69, 9.17) is 6.57 Å². The lowest BCUT2D eigenvalue weighted by molar-refractivity contribution is 1.18. The Labute approximate surface area is 203 Å². The first-order valence-corrected chi connectivity index (χ1v) is 11.4. The van der Waals surface area contributed by atoms with Gasteiger partial charge in [-0.15, -0.1) is 0 Å². The van der Waals surface area contributed by atoms with E-state index in [1.807, 2.05) is 30.3 Å². The first-order chi connectivity index (χ1) is 17.3. The second-order valence-corrected chi connectivity index (χ2v) is 8.39. The zero-order valence-electron chi connectivity index (χ0n) is 18.8. The molecule has 0 amide bonds. The van der Waals surface area contributed by atoms with Crippen LogP contribution in [-0.2, 0) is 0 Å². The smallest absolute Gasteiger partial charge is 0.196 e. The summed E-state index contributed by atoms with van der Waals surface area (Å²) in [7, 11) is 0. The molecule has 5 aromatic carbocycles. The van der Waals surface area contributed by atoms with Crippen LogP contribution in [0.3, 0.4) is 0 Å². The molecule has 0 N–H and O–H groups in total. The maximum absolute atomic E-state index is 9.77. The SMILES string of the molecule is [C-]#[N+]c1cccc(C#N)c1-c1ccc2c(c1)c1c(-c3ccccc3)cccc1n2-c1ccccc1. The van der Waals surface area contributed by atoms with E-state index in [2.05, 4.69) is 82.2 Å². The Morgan fingerprint density at radius 1 is 0.686 bits per heavy atom. The van der Waals surface area contributed by atoms with Gasteiger partial charge in [-0.3, -0.25) is 0 Å². The quantitative estimate of drug-likeness (QED) is 0.251. The molecule has 1 aromatic heterocycles. The highest BCUT2D eigenvalue weighted by Crippen LogP contribution is 2.41. The van der Waals surface area contributed by atoms with Crippen LogP contribution in [0, 0.1) is 17.9 Å². The van der Waals surface area contributed by atoms with Crippen LogP contribution in [0.1, 0.15) is 5.56 Å². The molecule has 0 aliphatic heterocycles. The van der Waals surface area contributed by atoms with E-state index < -0.39 is 0 Å². The average molecular weight is 446 g/mol. The minimum Gasteiger partial charge on any atom is -0.309 e. The highest BCUT2D eigenvalue weighted by Gasteiger charge is 2.18. The van der Waals surface area contributed by atoms with Crippen molar-refractivity contribution in [2.24, 2.45) is 0 Å². The molecule has 0 aliphatic carbocycles. The van der Waals surface area contributed by atoms with Crippen LogP contribution in [-0.4, -0.2) is 4.57 Å². The second kappa shape index (κ2) is 8.34. The highest BCUT2D eigenvalue weighted by molar-refractivity contribution is 6.16. The Morgan fingerprint density at radius 2 is 1.43 bits per heavy atom. The van der Waals surface area contributed by atoms with Gasteiger partial charge < -0.3 is 4.57 Å². The molecule has 35 heavy (non-hydrogen) atoms. The topological polar surface area (TPSA) is 33.1 Å². The van der Waals surface area contributed by atoms with Gasteiger partial charge in [-0.05, 0) is 53.1 Å². The Kier molecular flexibility index (Phi) is 4.88. The lowest BCUT2D eigenvalue weighted by Crippen LogP contribution is -1.93. The molecule has 3 heteroatoms. The minimum absolute atomic E-state index is 0.485. The molecule has 0 bridgehead atoms. The molecule has 6 aromatic rings. The molecular formula is C32H19N3. The third-order valence-electron chi connectivity index (χ3n) is 6.46. The number of nitriles is 1. The largest absolute Gasteiger partial charge is 0.309 e. The summed E-state index contributed by atoms with van der Waals surface area (Å²) in [5.41, 5.74) is 8.13. The monoisotopic (exact) mass is 445 g/mol. The van der Waals surface area contributed by atoms with Crippen LogP contribution >= 0.6 is 0 Å². The van der Waals surface area contributed by atoms with Gasteiger partial charge in [0.1, 0.15) is 0 Å². The predicted octanol–water partition coefficient (Wildman–Crippen LogP) is 8.54. The minimum atomic E-state index is 0.485. The molecule has 1 heterocycles. The summed E-state index contributed by atoms with van der Waals surface area (Å²) < 4.78 is 2.28. The Bertz CT molecular complexity index is 1770. The second-order valence-electron chi connectivity index (χ2n) is 8.39. The fraction of sp³-hybridized carbons (Fsp3) is 0. The van der Waals surface area contributed by atoms with E-state index in [-0.39, 0.29) is 0 Å². The molecule has 3 nitrogen and oxygen atoms in total. The maximum Gasteiger partial charge on any atom is 0.196 e. The van der Waals surface area contributed by atoms with E-state index in [0.29, 0.717) is 16.8 Å². The van der Waals surface area contributed by atoms with Gasteiger partial charge in [0.05, 0.1) is 23.7 Å². The standard InChI is InChI=1S/C32H19N3/c1-34-28-16-8-12-24(21-33)31(28)23-18-19-29-27(20-23)32-26(22-10-4-2-5-11-22)15-9-17-30(32)35(29)25-13-6-3-7-14-25/h2-20H. The third-order valence-corrected chi connectivity index (χ3v) is 6.46. The molecule has 0 fully saturated rings. The normalized spacial score (nSPS) is 10.8. The van der Waals surface area contributed by atoms with Crippen LogP contribution in [0.4, 0.5) is 5.69 Å². The lowest BCUT2D eigenvalue weighted by Gasteiger charge is -2.09. The highest BCUT2D eigenvalue weighted by atomic mass is 15.0. The van der Waals surface area contributed by atoms with Crippen molar-refractivity contribution in [3.8, 4) is 34.0 Å². The van der Waals surface area contributed by atoms with Gasteiger partial charge in [0, 0.05) is 27.6 Å². The summed E-state index contributed by atoms with van der Waals surface area (Å²) in [6.45, 7) is 7.67. The van der Waals surface area contributed by atoms with E-state index >= 15 is 0 Å². The van der Waals surface area contributed by atoms with Crippen molar-refractivity contribution < 1.29 is 0 Å². The van der Waals surface area contributed by atoms with Crippen LogP contribution in [0.15, 0.2) is 115 Å². The van der Waals surface area contributed by atoms with Gasteiger partial charge in [-0.2, -0.15) is 5.26 Å². The zero-order chi connectivity index (χ0) is 23.8. The molecule has 0 saturated heterocycles. The molecule has 0 atom stereocenters. The van der Waals surface area contributed by atoms with Gasteiger partial charge in [-0.1, -0.05) is 78.9 Å². The van der Waals surface area contributed by atoms with Crippen molar-refractivity contribution in [1.82, 2.24) is 4.57 Å². The molecule has 0 spiro atoms. The molecular weight excluding hydrogens is 426 g/mol. The van der Waals surface area contributed by atoms with Gasteiger partial charge in [-0.25, -0.2) is 4.85 Å². The fourth-order valence-corrected chi connectivity index (χ4v) is 4.97. The van der Waals surface area contributed by atoms with Crippen molar-refractivity contribution >= 4 is 27.5 Å². The number of fused-ring (bicyclic) bond motifs is 3. The summed E-state index contributed by atoms with van der Waals surface area (Å²) in [5, 5.41) is 12.0. The molecule has 0 radical (unpaired) electrons. The zero-order valence-corrected chi connectivity index (χ0v) is 18.8. The van der Waals surface area contributed by atoms with Crippen molar-refractivity contribution in [3.05, 3.63) is 132 Å². The van der Waals surface area contributed by atoms with E-state index in [0.717, 1.165) is 44.2 Å². The van der Waals surface area contributed by atoms with Gasteiger partial charge >= 0.3 is 0 Å². The number of hydrogen-bond acceptors (Lipinski definition) is 1. The van der Waals surface area contributed by atoms with Crippen molar-refractivity contribution in [2.45, 2.75) is 0 Å². The summed E-state index contributed by atoms with van der Waals surface area (Å²) in [6.07, 6.45) is 0. The fourth-order valence-electron chi connectivity index (χ4n) is 4.97. The first kappa shape index (κ1) is 20.5. The van der Waals surface area contributed by atoms with Gasteiger partial charge in [0.2, 0.25) is 0 Å². The Balaban J connectivity index is 1.76. The molecule has 0 saturated carbocycles. The van der Waals surface area contributed by atoms with Gasteiger partial charge in [0.25, 0.3) is 0 Å². The summed E-state index contributed by atoms with van der Waals surface area (Å²) in [5.74, 6) is 0. The Hall–Kier alpha value is -5.12. The van der Waals surface area contributed by atoms with Crippen molar-refractivity contribution in [3.63, 3.8) is 0 Å². The van der Waals surface area contributed by atoms with Crippen LogP contribution in [0.25, 0.3) is 54.6 Å². The molecule has 162 valence electrons.